The van der Waals surface area contributed by atoms with Gasteiger partial charge < -0.3 is 15.0 Å². The van der Waals surface area contributed by atoms with Crippen LogP contribution in [0.15, 0.2) is 18.6 Å². The average molecular weight is 205 g/mol. The van der Waals surface area contributed by atoms with E-state index in [2.05, 4.69) is 28.7 Å². The summed E-state index contributed by atoms with van der Waals surface area (Å²) in [5.41, 5.74) is 6.60. The quantitative estimate of drug-likeness (QED) is 0.816. The zero-order valence-corrected chi connectivity index (χ0v) is 9.01. The summed E-state index contributed by atoms with van der Waals surface area (Å²) >= 11 is 0. The van der Waals surface area contributed by atoms with E-state index in [9.17, 15) is 0 Å². The largest absolute Gasteiger partial charge is 0.382 e. The van der Waals surface area contributed by atoms with E-state index in [4.69, 9.17) is 5.73 Å². The van der Waals surface area contributed by atoms with Crippen molar-refractivity contribution in [2.75, 3.05) is 23.7 Å². The van der Waals surface area contributed by atoms with E-state index < -0.39 is 0 Å². The fourth-order valence-electron chi connectivity index (χ4n) is 1.67. The van der Waals surface area contributed by atoms with Crippen LogP contribution in [0.4, 0.5) is 11.6 Å². The Morgan fingerprint density at radius 3 is 2.80 bits per heavy atom. The van der Waals surface area contributed by atoms with Crippen molar-refractivity contribution in [1.82, 2.24) is 14.4 Å². The van der Waals surface area contributed by atoms with Crippen molar-refractivity contribution in [3.8, 4) is 0 Å². The topological polar surface area (TPSA) is 59.5 Å². The normalized spacial score (nSPS) is 10.8. The number of hydrogen-bond donors (Lipinski definition) is 1. The lowest BCUT2D eigenvalue weighted by Gasteiger charge is -2.20. The third-order valence-corrected chi connectivity index (χ3v) is 2.44. The van der Waals surface area contributed by atoms with E-state index in [1.165, 1.54) is 0 Å². The molecule has 0 radical (unpaired) electrons. The molecule has 2 heterocycles. The Morgan fingerprint density at radius 1 is 1.40 bits per heavy atom. The van der Waals surface area contributed by atoms with Gasteiger partial charge in [-0.05, 0) is 13.8 Å². The number of nitrogens with zero attached hydrogens (tertiary/aromatic N) is 4. The minimum absolute atomic E-state index is 0.516. The lowest BCUT2D eigenvalue weighted by molar-refractivity contribution is 0.844. The molecule has 0 saturated heterocycles. The molecule has 5 nitrogen and oxygen atoms in total. The number of rotatable bonds is 3. The second-order valence-corrected chi connectivity index (χ2v) is 3.32. The maximum atomic E-state index is 5.74. The Balaban J connectivity index is 2.61. The van der Waals surface area contributed by atoms with Gasteiger partial charge in [0.15, 0.2) is 11.5 Å². The first-order chi connectivity index (χ1) is 7.26. The molecule has 0 amide bonds. The van der Waals surface area contributed by atoms with Gasteiger partial charge in [0.2, 0.25) is 0 Å². The molecule has 0 aliphatic carbocycles. The van der Waals surface area contributed by atoms with Gasteiger partial charge in [0.1, 0.15) is 5.82 Å². The Bertz CT molecular complexity index is 458. The lowest BCUT2D eigenvalue weighted by Crippen LogP contribution is -2.24. The van der Waals surface area contributed by atoms with Crippen LogP contribution in [-0.2, 0) is 0 Å². The summed E-state index contributed by atoms with van der Waals surface area (Å²) < 4.78 is 1.90. The van der Waals surface area contributed by atoms with Crippen molar-refractivity contribution in [2.45, 2.75) is 13.8 Å². The van der Waals surface area contributed by atoms with Crippen LogP contribution in [0.3, 0.4) is 0 Å². The van der Waals surface area contributed by atoms with E-state index in [1.807, 2.05) is 10.6 Å². The molecule has 0 atom stereocenters. The van der Waals surface area contributed by atoms with Gasteiger partial charge in [-0.3, -0.25) is 0 Å². The highest BCUT2D eigenvalue weighted by molar-refractivity contribution is 5.66. The van der Waals surface area contributed by atoms with Gasteiger partial charge in [-0.25, -0.2) is 9.97 Å². The van der Waals surface area contributed by atoms with Gasteiger partial charge in [-0.1, -0.05) is 0 Å². The molecular formula is C10H15N5. The first-order valence-corrected chi connectivity index (χ1v) is 5.10. The molecule has 15 heavy (non-hydrogen) atoms. The van der Waals surface area contributed by atoms with Crippen molar-refractivity contribution in [3.63, 3.8) is 0 Å². The molecule has 0 spiro atoms. The van der Waals surface area contributed by atoms with Crippen LogP contribution >= 0.6 is 0 Å². The first-order valence-electron chi connectivity index (χ1n) is 5.10. The highest BCUT2D eigenvalue weighted by Crippen LogP contribution is 2.18. The van der Waals surface area contributed by atoms with E-state index in [0.29, 0.717) is 5.82 Å². The van der Waals surface area contributed by atoms with Crippen molar-refractivity contribution in [2.24, 2.45) is 0 Å². The van der Waals surface area contributed by atoms with Crippen molar-refractivity contribution in [3.05, 3.63) is 18.6 Å². The van der Waals surface area contributed by atoms with Crippen LogP contribution in [0.5, 0.6) is 0 Å². The average Bonchev–Trinajstić information content (AvgIpc) is 2.67. The number of fused-ring (bicyclic) bond motifs is 1. The van der Waals surface area contributed by atoms with E-state index >= 15 is 0 Å². The predicted octanol–water partition coefficient (Wildman–Crippen LogP) is 1.16. The van der Waals surface area contributed by atoms with Gasteiger partial charge in [0, 0.05) is 25.5 Å². The highest BCUT2D eigenvalue weighted by Gasteiger charge is 2.10. The molecule has 0 aliphatic heterocycles. The standard InChI is InChI=1S/C10H15N5/c1-3-14(4-2)10-9-12-5-6-15(9)7-8(11)13-10/h5-7H,3-4,11H2,1-2H3. The van der Waals surface area contributed by atoms with Gasteiger partial charge in [0.05, 0.1) is 6.20 Å². The zero-order chi connectivity index (χ0) is 10.8. The molecule has 0 aliphatic rings. The molecule has 0 aromatic carbocycles. The lowest BCUT2D eigenvalue weighted by atomic mass is 10.4. The minimum Gasteiger partial charge on any atom is -0.382 e. The summed E-state index contributed by atoms with van der Waals surface area (Å²) in [4.78, 5) is 10.8. The second-order valence-electron chi connectivity index (χ2n) is 3.32. The molecule has 2 aromatic rings. The molecule has 2 N–H and O–H groups in total. The van der Waals surface area contributed by atoms with Crippen LogP contribution < -0.4 is 10.6 Å². The fraction of sp³-hybridized carbons (Fsp3) is 0.400. The van der Waals surface area contributed by atoms with Crippen LogP contribution in [0.25, 0.3) is 5.65 Å². The van der Waals surface area contributed by atoms with Crippen molar-refractivity contribution < 1.29 is 0 Å². The van der Waals surface area contributed by atoms with Crippen LogP contribution in [0.2, 0.25) is 0 Å². The SMILES string of the molecule is CCN(CC)c1nc(N)cn2ccnc12. The van der Waals surface area contributed by atoms with E-state index in [1.54, 1.807) is 12.4 Å². The summed E-state index contributed by atoms with van der Waals surface area (Å²) in [7, 11) is 0. The van der Waals surface area contributed by atoms with Crippen molar-refractivity contribution in [1.29, 1.82) is 0 Å². The molecule has 0 saturated carbocycles. The molecule has 0 fully saturated rings. The number of hydrogen-bond acceptors (Lipinski definition) is 4. The number of aromatic nitrogens is 3. The molecule has 80 valence electrons. The van der Waals surface area contributed by atoms with E-state index in [-0.39, 0.29) is 0 Å². The molecule has 2 aromatic heterocycles. The second kappa shape index (κ2) is 3.76. The summed E-state index contributed by atoms with van der Waals surface area (Å²) in [5.74, 6) is 1.37. The number of nitrogens with two attached hydrogens (primary N) is 1. The highest BCUT2D eigenvalue weighted by atomic mass is 15.2. The van der Waals surface area contributed by atoms with Gasteiger partial charge in [0.25, 0.3) is 0 Å². The van der Waals surface area contributed by atoms with Crippen LogP contribution in [0.1, 0.15) is 13.8 Å². The Hall–Kier alpha value is -1.78. The Kier molecular flexibility index (Phi) is 2.45. The smallest absolute Gasteiger partial charge is 0.180 e. The number of anilines is 2. The molecule has 0 bridgehead atoms. The molecule has 2 rings (SSSR count). The number of imidazole rings is 1. The zero-order valence-electron chi connectivity index (χ0n) is 9.01. The summed E-state index contributed by atoms with van der Waals surface area (Å²) in [5, 5.41) is 0. The molecule has 0 unspecified atom stereocenters. The first kappa shape index (κ1) is 9.76. The van der Waals surface area contributed by atoms with Gasteiger partial charge >= 0.3 is 0 Å². The third kappa shape index (κ3) is 1.60. The van der Waals surface area contributed by atoms with Gasteiger partial charge in [-0.2, -0.15) is 0 Å². The maximum absolute atomic E-state index is 5.74. The molecular weight excluding hydrogens is 190 g/mol. The monoisotopic (exact) mass is 205 g/mol. The maximum Gasteiger partial charge on any atom is 0.180 e. The van der Waals surface area contributed by atoms with Crippen LogP contribution in [-0.4, -0.2) is 27.5 Å². The minimum atomic E-state index is 0.516. The Labute approximate surface area is 88.5 Å². The van der Waals surface area contributed by atoms with Gasteiger partial charge in [-0.15, -0.1) is 0 Å². The number of nitrogen functional groups attached to an aromatic ring is 1. The summed E-state index contributed by atoms with van der Waals surface area (Å²) in [6.07, 6.45) is 5.40. The Morgan fingerprint density at radius 2 is 2.13 bits per heavy atom. The predicted molar refractivity (Wildman–Crippen MR) is 61.0 cm³/mol. The summed E-state index contributed by atoms with van der Waals surface area (Å²) in [6.45, 7) is 5.98. The molecule has 5 heteroatoms. The van der Waals surface area contributed by atoms with Crippen molar-refractivity contribution >= 4 is 17.3 Å². The summed E-state index contributed by atoms with van der Waals surface area (Å²) in [6, 6.07) is 0. The third-order valence-electron chi connectivity index (χ3n) is 2.44. The van der Waals surface area contributed by atoms with E-state index in [0.717, 1.165) is 24.6 Å². The fourth-order valence-corrected chi connectivity index (χ4v) is 1.67. The van der Waals surface area contributed by atoms with Crippen LogP contribution in [0, 0.1) is 0 Å².